The Labute approximate surface area is 136 Å². The lowest BCUT2D eigenvalue weighted by Crippen LogP contribution is -2.17. The van der Waals surface area contributed by atoms with Crippen LogP contribution in [0.1, 0.15) is 59.1 Å². The quantitative estimate of drug-likeness (QED) is 0.412. The fourth-order valence-electron chi connectivity index (χ4n) is 2.08. The Hall–Kier alpha value is -0.150. The van der Waals surface area contributed by atoms with Crippen LogP contribution in [-0.2, 0) is 10.8 Å². The van der Waals surface area contributed by atoms with E-state index in [1.807, 2.05) is 11.8 Å². The first-order chi connectivity index (χ1) is 9.07. The third kappa shape index (κ3) is 4.70. The molecule has 1 nitrogen and oxygen atoms in total. The molecule has 1 rings (SSSR count). The molecule has 114 valence electrons. The van der Waals surface area contributed by atoms with E-state index in [1.54, 1.807) is 0 Å². The van der Waals surface area contributed by atoms with Crippen molar-refractivity contribution in [2.45, 2.75) is 63.7 Å². The number of halogens is 1. The van der Waals surface area contributed by atoms with Gasteiger partial charge >= 0.3 is 0 Å². The van der Waals surface area contributed by atoms with Gasteiger partial charge in [-0.25, -0.2) is 0 Å². The summed E-state index contributed by atoms with van der Waals surface area (Å²) in [7, 11) is 0. The van der Waals surface area contributed by atoms with Crippen molar-refractivity contribution in [1.82, 2.24) is 0 Å². The topological polar surface area (TPSA) is 20.2 Å². The summed E-state index contributed by atoms with van der Waals surface area (Å²) in [5, 5.41) is 11.7. The van der Waals surface area contributed by atoms with Gasteiger partial charge in [0.25, 0.3) is 0 Å². The number of phenolic OH excluding ortho intramolecular Hbond substituents is 1. The molecule has 0 aliphatic rings. The van der Waals surface area contributed by atoms with E-state index in [4.69, 9.17) is 0 Å². The van der Waals surface area contributed by atoms with Crippen molar-refractivity contribution in [3.8, 4) is 5.75 Å². The van der Waals surface area contributed by atoms with Crippen LogP contribution < -0.4 is 0 Å². The highest BCUT2D eigenvalue weighted by Gasteiger charge is 2.26. The van der Waals surface area contributed by atoms with Crippen LogP contribution in [0.4, 0.5) is 0 Å². The van der Waals surface area contributed by atoms with Crippen molar-refractivity contribution in [2.75, 3.05) is 11.1 Å². The maximum absolute atomic E-state index is 10.6. The Morgan fingerprint density at radius 2 is 1.45 bits per heavy atom. The minimum absolute atomic E-state index is 0.0456. The molecule has 0 saturated heterocycles. The van der Waals surface area contributed by atoms with Gasteiger partial charge in [-0.05, 0) is 35.1 Å². The summed E-state index contributed by atoms with van der Waals surface area (Å²) in [6.45, 7) is 12.9. The molecule has 0 aliphatic carbocycles. The number of thioether (sulfide) groups is 1. The number of rotatable bonds is 4. The van der Waals surface area contributed by atoms with E-state index in [0.717, 1.165) is 28.6 Å². The first-order valence-electron chi connectivity index (χ1n) is 7.14. The SMILES string of the molecule is CC(C)(C)c1cc(SCCCBr)cc(C(C)(C)C)c1O. The highest BCUT2D eigenvalue weighted by molar-refractivity contribution is 9.09. The van der Waals surface area contributed by atoms with Crippen LogP contribution in [0.25, 0.3) is 0 Å². The molecular weight excluding hydrogens is 332 g/mol. The molecule has 0 atom stereocenters. The van der Waals surface area contributed by atoms with Crippen LogP contribution in [0, 0.1) is 0 Å². The van der Waals surface area contributed by atoms with Gasteiger partial charge in [0.2, 0.25) is 0 Å². The average Bonchev–Trinajstić information content (AvgIpc) is 2.28. The van der Waals surface area contributed by atoms with Crippen molar-refractivity contribution in [3.05, 3.63) is 23.3 Å². The Bertz CT molecular complexity index is 420. The number of benzene rings is 1. The van der Waals surface area contributed by atoms with E-state index in [9.17, 15) is 5.11 Å². The Kier molecular flexibility index (Phi) is 6.03. The molecule has 0 aliphatic heterocycles. The first kappa shape index (κ1) is 17.9. The summed E-state index contributed by atoms with van der Waals surface area (Å²) >= 11 is 5.35. The fourth-order valence-corrected chi connectivity index (χ4v) is 3.66. The maximum atomic E-state index is 10.6. The van der Waals surface area contributed by atoms with Gasteiger partial charge in [-0.1, -0.05) is 57.5 Å². The minimum atomic E-state index is -0.0456. The van der Waals surface area contributed by atoms with Gasteiger partial charge in [0.15, 0.2) is 0 Å². The third-order valence-corrected chi connectivity index (χ3v) is 4.87. The number of hydrogen-bond donors (Lipinski definition) is 1. The molecule has 20 heavy (non-hydrogen) atoms. The molecule has 0 amide bonds. The van der Waals surface area contributed by atoms with Gasteiger partial charge in [0, 0.05) is 21.4 Å². The summed E-state index contributed by atoms with van der Waals surface area (Å²) in [4.78, 5) is 1.26. The Morgan fingerprint density at radius 1 is 1.00 bits per heavy atom. The van der Waals surface area contributed by atoms with E-state index in [-0.39, 0.29) is 10.8 Å². The van der Waals surface area contributed by atoms with Crippen LogP contribution in [0.3, 0.4) is 0 Å². The van der Waals surface area contributed by atoms with E-state index in [0.29, 0.717) is 5.75 Å². The number of alkyl halides is 1. The van der Waals surface area contributed by atoms with Gasteiger partial charge in [0.05, 0.1) is 0 Å². The summed E-state index contributed by atoms with van der Waals surface area (Å²) in [6, 6.07) is 4.31. The van der Waals surface area contributed by atoms with Crippen molar-refractivity contribution in [3.63, 3.8) is 0 Å². The molecule has 0 saturated carbocycles. The summed E-state index contributed by atoms with van der Waals surface area (Å²) in [5.41, 5.74) is 2.00. The molecule has 0 aromatic heterocycles. The minimum Gasteiger partial charge on any atom is -0.507 e. The van der Waals surface area contributed by atoms with Crippen LogP contribution in [0.2, 0.25) is 0 Å². The molecule has 1 aromatic carbocycles. The van der Waals surface area contributed by atoms with E-state index < -0.39 is 0 Å². The van der Waals surface area contributed by atoms with Gasteiger partial charge in [-0.3, -0.25) is 0 Å². The number of hydrogen-bond acceptors (Lipinski definition) is 2. The zero-order valence-corrected chi connectivity index (χ0v) is 15.9. The second kappa shape index (κ2) is 6.74. The molecular formula is C17H27BrOS. The van der Waals surface area contributed by atoms with Gasteiger partial charge < -0.3 is 5.11 Å². The lowest BCUT2D eigenvalue weighted by atomic mass is 9.79. The monoisotopic (exact) mass is 358 g/mol. The second-order valence-electron chi connectivity index (χ2n) is 7.26. The van der Waals surface area contributed by atoms with Gasteiger partial charge in [-0.2, -0.15) is 0 Å². The average molecular weight is 359 g/mol. The third-order valence-electron chi connectivity index (χ3n) is 3.25. The predicted molar refractivity (Wildman–Crippen MR) is 94.6 cm³/mol. The smallest absolute Gasteiger partial charge is 0.123 e. The molecule has 0 spiro atoms. The van der Waals surface area contributed by atoms with Crippen molar-refractivity contribution >= 4 is 27.7 Å². The van der Waals surface area contributed by atoms with Crippen LogP contribution in [-0.4, -0.2) is 16.2 Å². The highest BCUT2D eigenvalue weighted by Crippen LogP contribution is 2.41. The van der Waals surface area contributed by atoms with Gasteiger partial charge in [-0.15, -0.1) is 11.8 Å². The van der Waals surface area contributed by atoms with E-state index in [1.165, 1.54) is 4.90 Å². The summed E-state index contributed by atoms with van der Waals surface area (Å²) in [5.74, 6) is 1.57. The number of aromatic hydroxyl groups is 1. The van der Waals surface area contributed by atoms with Crippen molar-refractivity contribution in [2.24, 2.45) is 0 Å². The molecule has 0 bridgehead atoms. The maximum Gasteiger partial charge on any atom is 0.123 e. The Morgan fingerprint density at radius 3 is 1.80 bits per heavy atom. The lowest BCUT2D eigenvalue weighted by molar-refractivity contribution is 0.422. The first-order valence-corrected chi connectivity index (χ1v) is 9.25. The van der Waals surface area contributed by atoms with Crippen LogP contribution >= 0.6 is 27.7 Å². The largest absolute Gasteiger partial charge is 0.507 e. The molecule has 1 N–H and O–H groups in total. The fraction of sp³-hybridized carbons (Fsp3) is 0.647. The van der Waals surface area contributed by atoms with Crippen molar-refractivity contribution in [1.29, 1.82) is 0 Å². The standard InChI is InChI=1S/C17H27BrOS/c1-16(2,3)13-10-12(20-9-7-8-18)11-14(15(13)19)17(4,5)6/h10-11,19H,7-9H2,1-6H3. The summed E-state index contributed by atoms with van der Waals surface area (Å²) < 4.78 is 0. The normalized spacial score (nSPS) is 12.8. The summed E-state index contributed by atoms with van der Waals surface area (Å²) in [6.07, 6.45) is 1.15. The zero-order valence-electron chi connectivity index (χ0n) is 13.5. The van der Waals surface area contributed by atoms with Crippen molar-refractivity contribution < 1.29 is 5.11 Å². The van der Waals surface area contributed by atoms with Crippen LogP contribution in [0.5, 0.6) is 5.75 Å². The highest BCUT2D eigenvalue weighted by atomic mass is 79.9. The second-order valence-corrected chi connectivity index (χ2v) is 9.22. The molecule has 0 fully saturated rings. The number of phenols is 1. The predicted octanol–water partition coefficient (Wildman–Crippen LogP) is 5.86. The molecule has 3 heteroatoms. The van der Waals surface area contributed by atoms with E-state index >= 15 is 0 Å². The van der Waals surface area contributed by atoms with E-state index in [2.05, 4.69) is 69.6 Å². The lowest BCUT2D eigenvalue weighted by Gasteiger charge is -2.28. The van der Waals surface area contributed by atoms with Gasteiger partial charge in [0.1, 0.15) is 5.75 Å². The molecule has 0 unspecified atom stereocenters. The molecule has 0 radical (unpaired) electrons. The molecule has 1 aromatic rings. The zero-order chi connectivity index (χ0) is 15.6. The molecule has 0 heterocycles. The Balaban J connectivity index is 3.28. The van der Waals surface area contributed by atoms with Crippen LogP contribution in [0.15, 0.2) is 17.0 Å².